The van der Waals surface area contributed by atoms with Gasteiger partial charge >= 0.3 is 5.97 Å². The van der Waals surface area contributed by atoms with Crippen LogP contribution >= 0.6 is 0 Å². The molecule has 0 N–H and O–H groups in total. The topological polar surface area (TPSA) is 99.4 Å². The Labute approximate surface area is 218 Å². The molecule has 2 aromatic rings. The number of esters is 1. The summed E-state index contributed by atoms with van der Waals surface area (Å²) in [5.41, 5.74) is 3.39. The van der Waals surface area contributed by atoms with Gasteiger partial charge in [0, 0.05) is 51.1 Å². The monoisotopic (exact) mass is 526 g/mol. The molecule has 5 rings (SSSR count). The van der Waals surface area contributed by atoms with E-state index in [1.807, 2.05) is 13.0 Å². The number of nitrogens with zero attached hydrogens (tertiary/aromatic N) is 6. The maximum absolute atomic E-state index is 14.7. The van der Waals surface area contributed by atoms with Crippen molar-refractivity contribution in [3.8, 4) is 0 Å². The zero-order valence-corrected chi connectivity index (χ0v) is 21.2. The molecule has 10 nitrogen and oxygen atoms in total. The van der Waals surface area contributed by atoms with Gasteiger partial charge in [0.25, 0.3) is 0 Å². The molecule has 2 aromatic carbocycles. The van der Waals surface area contributed by atoms with Gasteiger partial charge in [0.2, 0.25) is 5.91 Å². The predicted molar refractivity (Wildman–Crippen MR) is 134 cm³/mol. The van der Waals surface area contributed by atoms with Crippen molar-refractivity contribution in [2.75, 3.05) is 44.8 Å². The lowest BCUT2D eigenvalue weighted by Gasteiger charge is -2.46. The van der Waals surface area contributed by atoms with Gasteiger partial charge in [-0.25, -0.2) is 18.6 Å². The average Bonchev–Trinajstić information content (AvgIpc) is 3.30. The number of piperazine rings is 1. The van der Waals surface area contributed by atoms with E-state index in [0.717, 1.165) is 33.8 Å². The molecule has 3 aliphatic heterocycles. The first-order chi connectivity index (χ1) is 18.3. The highest BCUT2D eigenvalue weighted by Crippen LogP contribution is 2.34. The second-order valence-electron chi connectivity index (χ2n) is 9.60. The molecule has 0 aliphatic carbocycles. The van der Waals surface area contributed by atoms with Gasteiger partial charge in [0.1, 0.15) is 18.2 Å². The molecule has 2 atom stereocenters. The first-order valence-corrected chi connectivity index (χ1v) is 12.3. The molecule has 3 heterocycles. The molecule has 0 saturated carbocycles. The minimum Gasteiger partial charge on any atom is -0.457 e. The first kappa shape index (κ1) is 25.9. The Bertz CT molecular complexity index is 1300. The summed E-state index contributed by atoms with van der Waals surface area (Å²) in [6.07, 6.45) is -0.543. The second kappa shape index (κ2) is 10.5. The number of hydrogen-bond donors (Lipinski definition) is 0. The molecule has 3 aliphatic rings. The van der Waals surface area contributed by atoms with Gasteiger partial charge in [-0.3, -0.25) is 9.69 Å². The molecule has 2 saturated heterocycles. The van der Waals surface area contributed by atoms with Gasteiger partial charge in [-0.1, -0.05) is 6.07 Å². The van der Waals surface area contributed by atoms with Crippen LogP contribution in [0.4, 0.5) is 14.5 Å². The van der Waals surface area contributed by atoms with Crippen molar-refractivity contribution in [1.82, 2.24) is 9.80 Å². The zero-order chi connectivity index (χ0) is 27.0. The van der Waals surface area contributed by atoms with E-state index in [0.29, 0.717) is 38.3 Å². The Kier molecular flexibility index (Phi) is 7.17. The molecular formula is C26H28F2N6O4. The first-order valence-electron chi connectivity index (χ1n) is 12.3. The number of fused-ring (bicyclic) bond motifs is 2. The number of amides is 1. The Morgan fingerprint density at radius 2 is 1.97 bits per heavy atom. The van der Waals surface area contributed by atoms with Crippen molar-refractivity contribution in [2.24, 2.45) is 15.5 Å². The summed E-state index contributed by atoms with van der Waals surface area (Å²) in [4.78, 5) is 28.8. The van der Waals surface area contributed by atoms with Crippen molar-refractivity contribution in [3.63, 3.8) is 0 Å². The largest absolute Gasteiger partial charge is 0.457 e. The molecule has 12 heteroatoms. The zero-order valence-electron chi connectivity index (χ0n) is 21.2. The van der Waals surface area contributed by atoms with Crippen LogP contribution in [0.1, 0.15) is 38.7 Å². The van der Waals surface area contributed by atoms with Crippen LogP contribution in [0.2, 0.25) is 0 Å². The number of cyclic esters (lactones) is 1. The number of ether oxygens (including phenoxy) is 2. The lowest BCUT2D eigenvalue weighted by molar-refractivity contribution is -0.139. The van der Waals surface area contributed by atoms with E-state index in [-0.39, 0.29) is 48.3 Å². The van der Waals surface area contributed by atoms with Crippen LogP contribution in [-0.2, 0) is 27.3 Å². The molecule has 0 radical (unpaired) electrons. The van der Waals surface area contributed by atoms with Crippen molar-refractivity contribution >= 4 is 24.3 Å². The van der Waals surface area contributed by atoms with E-state index in [9.17, 15) is 18.4 Å². The van der Waals surface area contributed by atoms with Gasteiger partial charge in [0.05, 0.1) is 36.4 Å². The van der Waals surface area contributed by atoms with E-state index in [4.69, 9.17) is 9.47 Å². The van der Waals surface area contributed by atoms with Gasteiger partial charge < -0.3 is 14.4 Å². The van der Waals surface area contributed by atoms with Crippen LogP contribution in [0.3, 0.4) is 0 Å². The van der Waals surface area contributed by atoms with Crippen LogP contribution < -0.4 is 5.01 Å². The molecule has 200 valence electrons. The van der Waals surface area contributed by atoms with E-state index < -0.39 is 11.6 Å². The van der Waals surface area contributed by atoms with Crippen LogP contribution in [-0.4, -0.2) is 74.3 Å². The smallest absolute Gasteiger partial charge is 0.338 e. The Morgan fingerprint density at radius 3 is 2.71 bits per heavy atom. The van der Waals surface area contributed by atoms with Crippen LogP contribution in [0, 0.1) is 18.6 Å². The Morgan fingerprint density at radius 1 is 1.21 bits per heavy atom. The van der Waals surface area contributed by atoms with Gasteiger partial charge in [-0.05, 0) is 46.7 Å². The SMILES string of the molecule is C=N/N=N\N(C)c1cc(F)c(CC(=O)N2CCN3C[C@@H](c4ccc5c(c4C)COC5=O)OC[C@H]3C2)c(F)c1. The third-order valence-corrected chi connectivity index (χ3v) is 7.47. The van der Waals surface area contributed by atoms with E-state index in [1.54, 1.807) is 11.0 Å². The molecule has 2 fully saturated rings. The van der Waals surface area contributed by atoms with E-state index in [1.165, 1.54) is 7.05 Å². The predicted octanol–water partition coefficient (Wildman–Crippen LogP) is 3.19. The molecule has 0 aromatic heterocycles. The Hall–Kier alpha value is -3.77. The number of hydrogen-bond acceptors (Lipinski definition) is 7. The summed E-state index contributed by atoms with van der Waals surface area (Å²) in [6.45, 7) is 7.97. The fourth-order valence-electron chi connectivity index (χ4n) is 5.26. The third-order valence-electron chi connectivity index (χ3n) is 7.47. The summed E-state index contributed by atoms with van der Waals surface area (Å²) in [7, 11) is 1.46. The fourth-order valence-corrected chi connectivity index (χ4v) is 5.26. The minimum absolute atomic E-state index is 0.0156. The molecule has 0 unspecified atom stereocenters. The lowest BCUT2D eigenvalue weighted by atomic mass is 9.94. The quantitative estimate of drug-likeness (QED) is 0.248. The fraction of sp³-hybridized carbons (Fsp3) is 0.423. The van der Waals surface area contributed by atoms with E-state index >= 15 is 0 Å². The second-order valence-corrected chi connectivity index (χ2v) is 9.60. The molecule has 38 heavy (non-hydrogen) atoms. The summed E-state index contributed by atoms with van der Waals surface area (Å²) in [6, 6.07) is 5.91. The highest BCUT2D eigenvalue weighted by atomic mass is 19.1. The number of benzene rings is 2. The highest BCUT2D eigenvalue weighted by molar-refractivity contribution is 5.94. The summed E-state index contributed by atoms with van der Waals surface area (Å²) in [5, 5.41) is 11.3. The highest BCUT2D eigenvalue weighted by Gasteiger charge is 2.37. The third kappa shape index (κ3) is 4.88. The number of carbonyl (C=O) groups excluding carboxylic acids is 2. The molecule has 0 spiro atoms. The van der Waals surface area contributed by atoms with Crippen molar-refractivity contribution < 1.29 is 27.8 Å². The number of rotatable bonds is 6. The maximum Gasteiger partial charge on any atom is 0.338 e. The maximum atomic E-state index is 14.7. The van der Waals surface area contributed by atoms with Crippen LogP contribution in [0.25, 0.3) is 0 Å². The van der Waals surface area contributed by atoms with E-state index in [2.05, 4.69) is 27.2 Å². The van der Waals surface area contributed by atoms with Crippen molar-refractivity contribution in [2.45, 2.75) is 32.1 Å². The summed E-state index contributed by atoms with van der Waals surface area (Å²) < 4.78 is 40.8. The van der Waals surface area contributed by atoms with Crippen LogP contribution in [0.5, 0.6) is 0 Å². The van der Waals surface area contributed by atoms with Crippen LogP contribution in [0.15, 0.2) is 39.8 Å². The van der Waals surface area contributed by atoms with Crippen molar-refractivity contribution in [3.05, 3.63) is 63.7 Å². The number of carbonyl (C=O) groups is 2. The van der Waals surface area contributed by atoms with Gasteiger partial charge in [0.15, 0.2) is 0 Å². The summed E-state index contributed by atoms with van der Waals surface area (Å²) in [5.74, 6) is -2.31. The van der Waals surface area contributed by atoms with Gasteiger partial charge in [-0.15, -0.1) is 5.10 Å². The minimum atomic E-state index is -0.832. The average molecular weight is 527 g/mol. The molecule has 1 amide bonds. The molecule has 0 bridgehead atoms. The normalized spacial score (nSPS) is 21.3. The number of morpholine rings is 1. The van der Waals surface area contributed by atoms with Crippen molar-refractivity contribution in [1.29, 1.82) is 0 Å². The van der Waals surface area contributed by atoms with Gasteiger partial charge in [-0.2, -0.15) is 0 Å². The molecular weight excluding hydrogens is 498 g/mol. The summed E-state index contributed by atoms with van der Waals surface area (Å²) >= 11 is 0. The number of halogens is 2. The standard InChI is InChI=1S/C26H28F2N6O4/c1-15-18(4-5-19-21(15)14-38-26(19)36)24-12-33-6-7-34(11-17(33)13-37-24)25(35)10-20-22(27)8-16(9-23(20)28)32(3)31-30-29-2/h4-5,8-9,17,24H,2,6-7,10-14H2,1,3H3/b31-30-/t17-,24+/m1/s1. The lowest BCUT2D eigenvalue weighted by Crippen LogP contribution is -2.59. The Balaban J connectivity index is 1.21. The number of anilines is 1.